The summed E-state index contributed by atoms with van der Waals surface area (Å²) in [5, 5.41) is 16.6. The van der Waals surface area contributed by atoms with Crippen LogP contribution in [0, 0.1) is 0 Å². The van der Waals surface area contributed by atoms with Crippen molar-refractivity contribution in [3.8, 4) is 0 Å². The van der Waals surface area contributed by atoms with Gasteiger partial charge in [-0.1, -0.05) is 0 Å². The zero-order valence-electron chi connectivity index (χ0n) is 8.18. The van der Waals surface area contributed by atoms with Crippen molar-refractivity contribution in [2.24, 2.45) is 0 Å². The second-order valence-electron chi connectivity index (χ2n) is 4.47. The Morgan fingerprint density at radius 2 is 2.08 bits per heavy atom. The van der Waals surface area contributed by atoms with E-state index < -0.39 is 0 Å². The summed E-state index contributed by atoms with van der Waals surface area (Å²) in [6.45, 7) is 3.22. The van der Waals surface area contributed by atoms with Gasteiger partial charge in [-0.25, -0.2) is 0 Å². The Balaban J connectivity index is 1.95. The van der Waals surface area contributed by atoms with Gasteiger partial charge in [0.1, 0.15) is 0 Å². The van der Waals surface area contributed by atoms with E-state index in [1.807, 2.05) is 0 Å². The first-order valence-corrected chi connectivity index (χ1v) is 5.45. The molecule has 76 valence electrons. The molecule has 2 atom stereocenters. The fourth-order valence-electron chi connectivity index (χ4n) is 2.51. The standard InChI is InChI=1S/C10H20N2O/c13-9-2-5-10(12-7-3-9)4-1-6-11-8-10/h9,11-13H,1-8H2. The number of piperidine rings is 1. The molecule has 2 aliphatic heterocycles. The third kappa shape index (κ3) is 2.22. The van der Waals surface area contributed by atoms with Crippen LogP contribution in [0.15, 0.2) is 0 Å². The van der Waals surface area contributed by atoms with Crippen molar-refractivity contribution in [2.75, 3.05) is 19.6 Å². The molecule has 3 nitrogen and oxygen atoms in total. The summed E-state index contributed by atoms with van der Waals surface area (Å²) >= 11 is 0. The average molecular weight is 184 g/mol. The van der Waals surface area contributed by atoms with Crippen molar-refractivity contribution in [1.82, 2.24) is 10.6 Å². The van der Waals surface area contributed by atoms with Crippen LogP contribution in [0.5, 0.6) is 0 Å². The Labute approximate surface area is 79.9 Å². The van der Waals surface area contributed by atoms with Crippen LogP contribution in [0.1, 0.15) is 32.1 Å². The minimum absolute atomic E-state index is 0.0752. The Bertz CT molecular complexity index is 166. The van der Waals surface area contributed by atoms with Crippen molar-refractivity contribution < 1.29 is 5.11 Å². The van der Waals surface area contributed by atoms with Crippen molar-refractivity contribution >= 4 is 0 Å². The van der Waals surface area contributed by atoms with Gasteiger partial charge in [-0.05, 0) is 45.2 Å². The number of rotatable bonds is 0. The molecule has 0 radical (unpaired) electrons. The van der Waals surface area contributed by atoms with Crippen molar-refractivity contribution in [2.45, 2.75) is 43.7 Å². The summed E-state index contributed by atoms with van der Waals surface area (Å²) in [6.07, 6.45) is 5.47. The molecule has 0 saturated carbocycles. The van der Waals surface area contributed by atoms with E-state index in [0.717, 1.165) is 38.9 Å². The highest BCUT2D eigenvalue weighted by molar-refractivity contribution is 4.95. The highest BCUT2D eigenvalue weighted by atomic mass is 16.3. The second-order valence-corrected chi connectivity index (χ2v) is 4.47. The van der Waals surface area contributed by atoms with E-state index in [9.17, 15) is 5.11 Å². The normalized spacial score (nSPS) is 41.8. The van der Waals surface area contributed by atoms with E-state index in [2.05, 4.69) is 10.6 Å². The number of aliphatic hydroxyl groups is 1. The van der Waals surface area contributed by atoms with Gasteiger partial charge in [-0.2, -0.15) is 0 Å². The molecule has 2 aliphatic rings. The topological polar surface area (TPSA) is 44.3 Å². The van der Waals surface area contributed by atoms with Gasteiger partial charge in [0.05, 0.1) is 6.10 Å². The molecule has 0 bridgehead atoms. The molecule has 13 heavy (non-hydrogen) atoms. The van der Waals surface area contributed by atoms with Crippen LogP contribution in [0.25, 0.3) is 0 Å². The van der Waals surface area contributed by atoms with Gasteiger partial charge in [-0.3, -0.25) is 0 Å². The number of nitrogens with one attached hydrogen (secondary N) is 2. The Morgan fingerprint density at radius 3 is 2.85 bits per heavy atom. The first-order valence-electron chi connectivity index (χ1n) is 5.45. The third-order valence-electron chi connectivity index (χ3n) is 3.41. The van der Waals surface area contributed by atoms with Crippen LogP contribution in [-0.4, -0.2) is 36.4 Å². The average Bonchev–Trinajstić information content (AvgIpc) is 2.32. The van der Waals surface area contributed by atoms with Gasteiger partial charge in [0.25, 0.3) is 0 Å². The molecule has 0 aliphatic carbocycles. The molecule has 0 aromatic heterocycles. The maximum Gasteiger partial charge on any atom is 0.0553 e. The molecule has 1 spiro atoms. The van der Waals surface area contributed by atoms with Gasteiger partial charge in [-0.15, -0.1) is 0 Å². The van der Waals surface area contributed by atoms with Crippen LogP contribution in [0.3, 0.4) is 0 Å². The van der Waals surface area contributed by atoms with Crippen molar-refractivity contribution in [1.29, 1.82) is 0 Å². The predicted molar refractivity (Wildman–Crippen MR) is 52.7 cm³/mol. The summed E-state index contributed by atoms with van der Waals surface area (Å²) in [4.78, 5) is 0. The second kappa shape index (κ2) is 3.95. The summed E-state index contributed by atoms with van der Waals surface area (Å²) in [5.74, 6) is 0. The first kappa shape index (κ1) is 9.44. The van der Waals surface area contributed by atoms with Crippen LogP contribution < -0.4 is 10.6 Å². The Morgan fingerprint density at radius 1 is 1.15 bits per heavy atom. The molecule has 2 heterocycles. The molecule has 0 amide bonds. The minimum Gasteiger partial charge on any atom is -0.393 e. The fourth-order valence-corrected chi connectivity index (χ4v) is 2.51. The summed E-state index contributed by atoms with van der Waals surface area (Å²) in [5.41, 5.74) is 0.301. The SMILES string of the molecule is OC1CCNC2(CCCNC2)CC1. The highest BCUT2D eigenvalue weighted by Gasteiger charge is 2.33. The highest BCUT2D eigenvalue weighted by Crippen LogP contribution is 2.25. The molecule has 2 fully saturated rings. The van der Waals surface area contributed by atoms with E-state index in [1.54, 1.807) is 0 Å². The van der Waals surface area contributed by atoms with E-state index in [1.165, 1.54) is 12.8 Å². The number of aliphatic hydroxyl groups excluding tert-OH is 1. The number of hydrogen-bond donors (Lipinski definition) is 3. The predicted octanol–water partition coefficient (Wildman–Crippen LogP) is 0.243. The zero-order valence-corrected chi connectivity index (χ0v) is 8.18. The van der Waals surface area contributed by atoms with Crippen LogP contribution in [-0.2, 0) is 0 Å². The van der Waals surface area contributed by atoms with Gasteiger partial charge in [0.2, 0.25) is 0 Å². The molecule has 3 heteroatoms. The zero-order chi connectivity index (χ0) is 9.15. The van der Waals surface area contributed by atoms with Gasteiger partial charge in [0.15, 0.2) is 0 Å². The quantitative estimate of drug-likeness (QED) is 0.505. The molecule has 0 aromatic carbocycles. The largest absolute Gasteiger partial charge is 0.393 e. The number of hydrogen-bond acceptors (Lipinski definition) is 3. The maximum absolute atomic E-state index is 9.54. The van der Waals surface area contributed by atoms with E-state index in [0.29, 0.717) is 5.54 Å². The molecular weight excluding hydrogens is 164 g/mol. The van der Waals surface area contributed by atoms with Crippen LogP contribution >= 0.6 is 0 Å². The Kier molecular flexibility index (Phi) is 2.86. The molecule has 0 aromatic rings. The van der Waals surface area contributed by atoms with Gasteiger partial charge >= 0.3 is 0 Å². The summed E-state index contributed by atoms with van der Waals surface area (Å²) < 4.78 is 0. The minimum atomic E-state index is -0.0752. The monoisotopic (exact) mass is 184 g/mol. The van der Waals surface area contributed by atoms with E-state index in [4.69, 9.17) is 0 Å². The third-order valence-corrected chi connectivity index (χ3v) is 3.41. The van der Waals surface area contributed by atoms with Crippen molar-refractivity contribution in [3.63, 3.8) is 0 Å². The maximum atomic E-state index is 9.54. The van der Waals surface area contributed by atoms with Crippen molar-refractivity contribution in [3.05, 3.63) is 0 Å². The molecule has 2 unspecified atom stereocenters. The lowest BCUT2D eigenvalue weighted by Crippen LogP contribution is -2.55. The van der Waals surface area contributed by atoms with E-state index in [-0.39, 0.29) is 6.10 Å². The molecule has 3 N–H and O–H groups in total. The molecular formula is C10H20N2O. The summed E-state index contributed by atoms with van der Waals surface area (Å²) in [6, 6.07) is 0. The lowest BCUT2D eigenvalue weighted by Gasteiger charge is -2.37. The fraction of sp³-hybridized carbons (Fsp3) is 1.00. The van der Waals surface area contributed by atoms with Gasteiger partial charge in [0, 0.05) is 12.1 Å². The Hall–Kier alpha value is -0.120. The first-order chi connectivity index (χ1) is 6.31. The smallest absolute Gasteiger partial charge is 0.0553 e. The van der Waals surface area contributed by atoms with Crippen LogP contribution in [0.4, 0.5) is 0 Å². The van der Waals surface area contributed by atoms with Gasteiger partial charge < -0.3 is 15.7 Å². The lowest BCUT2D eigenvalue weighted by molar-refractivity contribution is 0.154. The summed E-state index contributed by atoms with van der Waals surface area (Å²) in [7, 11) is 0. The van der Waals surface area contributed by atoms with Crippen LogP contribution in [0.2, 0.25) is 0 Å². The molecule has 2 rings (SSSR count). The lowest BCUT2D eigenvalue weighted by atomic mass is 9.86. The van der Waals surface area contributed by atoms with E-state index >= 15 is 0 Å². The molecule has 2 saturated heterocycles.